The van der Waals surface area contributed by atoms with Crippen molar-refractivity contribution in [3.05, 3.63) is 94.3 Å². The number of carbonyl (C=O) groups excluding carboxylic acids is 1. The average molecular weight is 408 g/mol. The van der Waals surface area contributed by atoms with Crippen LogP contribution in [0.5, 0.6) is 0 Å². The van der Waals surface area contributed by atoms with Gasteiger partial charge in [0.05, 0.1) is 18.1 Å². The topological polar surface area (TPSA) is 89.6 Å². The number of hydrogen-bond acceptors (Lipinski definition) is 4. The summed E-state index contributed by atoms with van der Waals surface area (Å²) in [4.78, 5) is 24.8. The smallest absolute Gasteiger partial charge is 0.322 e. The normalized spacial score (nSPS) is 10.6. The highest BCUT2D eigenvalue weighted by molar-refractivity contribution is 5.89. The Kier molecular flexibility index (Phi) is 7.18. The number of non-ortho nitro benzene ring substituents is 1. The predicted molar refractivity (Wildman–Crippen MR) is 114 cm³/mol. The average Bonchev–Trinajstić information content (AvgIpc) is 3.18. The molecule has 0 aliphatic rings. The molecule has 2 aromatic carbocycles. The summed E-state index contributed by atoms with van der Waals surface area (Å²) in [5, 5.41) is 13.6. The molecule has 0 atom stereocenters. The Bertz CT molecular complexity index is 970. The Balaban J connectivity index is 1.70. The number of hydrogen-bond donors (Lipinski definition) is 1. The van der Waals surface area contributed by atoms with Gasteiger partial charge in [-0.2, -0.15) is 0 Å². The largest absolute Gasteiger partial charge is 0.383 e. The molecule has 0 bridgehead atoms. The van der Waals surface area contributed by atoms with Gasteiger partial charge in [0.25, 0.3) is 5.69 Å². The third-order valence-corrected chi connectivity index (χ3v) is 4.65. The lowest BCUT2D eigenvalue weighted by molar-refractivity contribution is -0.384. The van der Waals surface area contributed by atoms with E-state index in [1.165, 1.54) is 29.8 Å². The van der Waals surface area contributed by atoms with E-state index in [4.69, 9.17) is 4.74 Å². The number of nitro groups is 1. The van der Waals surface area contributed by atoms with E-state index in [-0.39, 0.29) is 11.7 Å². The van der Waals surface area contributed by atoms with Gasteiger partial charge in [-0.3, -0.25) is 10.1 Å². The van der Waals surface area contributed by atoms with E-state index in [9.17, 15) is 14.9 Å². The molecule has 0 saturated carbocycles. The van der Waals surface area contributed by atoms with Gasteiger partial charge in [-0.1, -0.05) is 30.3 Å². The summed E-state index contributed by atoms with van der Waals surface area (Å²) in [6.07, 6.45) is 1.99. The van der Waals surface area contributed by atoms with Crippen LogP contribution in [0, 0.1) is 10.1 Å². The Hall–Kier alpha value is -3.65. The summed E-state index contributed by atoms with van der Waals surface area (Å²) >= 11 is 0. The van der Waals surface area contributed by atoms with Crippen LogP contribution in [0.1, 0.15) is 11.3 Å². The molecule has 0 radical (unpaired) electrons. The number of methoxy groups -OCH3 is 1. The fourth-order valence-electron chi connectivity index (χ4n) is 3.05. The van der Waals surface area contributed by atoms with Crippen LogP contribution >= 0.6 is 0 Å². The van der Waals surface area contributed by atoms with Crippen LogP contribution in [-0.2, 0) is 17.8 Å². The molecule has 0 saturated heterocycles. The number of nitrogens with one attached hydrogen (secondary N) is 1. The Morgan fingerprint density at radius 2 is 1.83 bits per heavy atom. The molecular formula is C22H24N4O4. The first kappa shape index (κ1) is 21.1. The van der Waals surface area contributed by atoms with E-state index in [1.807, 2.05) is 36.5 Å². The standard InChI is InChI=1S/C22H24N4O4/c1-30-15-14-25(22(27)23-19-9-11-20(12-10-19)26(28)29)17-21-8-5-13-24(21)16-18-6-3-2-4-7-18/h2-13H,14-17H2,1H3,(H,23,27). The molecule has 0 spiro atoms. The zero-order valence-corrected chi connectivity index (χ0v) is 16.7. The molecule has 1 N–H and O–H groups in total. The molecule has 1 aromatic heterocycles. The number of nitrogens with zero attached hydrogens (tertiary/aromatic N) is 3. The van der Waals surface area contributed by atoms with Crippen molar-refractivity contribution >= 4 is 17.4 Å². The molecule has 3 aromatic rings. The van der Waals surface area contributed by atoms with E-state index < -0.39 is 4.92 Å². The molecule has 1 heterocycles. The third kappa shape index (κ3) is 5.68. The van der Waals surface area contributed by atoms with Gasteiger partial charge in [0.2, 0.25) is 0 Å². The number of aromatic nitrogens is 1. The maximum Gasteiger partial charge on any atom is 0.322 e. The van der Waals surface area contributed by atoms with Crippen molar-refractivity contribution in [2.45, 2.75) is 13.1 Å². The zero-order valence-electron chi connectivity index (χ0n) is 16.7. The number of rotatable bonds is 9. The van der Waals surface area contributed by atoms with Crippen LogP contribution in [-0.4, -0.2) is 40.7 Å². The lowest BCUT2D eigenvalue weighted by Gasteiger charge is -2.24. The van der Waals surface area contributed by atoms with Crippen molar-refractivity contribution in [3.8, 4) is 0 Å². The zero-order chi connectivity index (χ0) is 21.3. The number of amides is 2. The first-order chi connectivity index (χ1) is 14.6. The van der Waals surface area contributed by atoms with Gasteiger partial charge in [0, 0.05) is 49.9 Å². The number of nitro benzene ring substituents is 1. The van der Waals surface area contributed by atoms with Crippen molar-refractivity contribution in [1.29, 1.82) is 0 Å². The molecule has 0 aliphatic carbocycles. The van der Waals surface area contributed by atoms with Crippen LogP contribution in [0.2, 0.25) is 0 Å². The van der Waals surface area contributed by atoms with E-state index in [0.717, 1.165) is 5.69 Å². The molecule has 2 amide bonds. The lowest BCUT2D eigenvalue weighted by Crippen LogP contribution is -2.37. The van der Waals surface area contributed by atoms with Gasteiger partial charge >= 0.3 is 6.03 Å². The summed E-state index contributed by atoms with van der Waals surface area (Å²) in [6, 6.07) is 19.5. The summed E-state index contributed by atoms with van der Waals surface area (Å²) in [7, 11) is 1.59. The highest BCUT2D eigenvalue weighted by atomic mass is 16.6. The molecule has 0 aliphatic heterocycles. The molecule has 8 heteroatoms. The number of benzene rings is 2. The van der Waals surface area contributed by atoms with Crippen molar-refractivity contribution < 1.29 is 14.5 Å². The highest BCUT2D eigenvalue weighted by Gasteiger charge is 2.16. The maximum absolute atomic E-state index is 12.8. The van der Waals surface area contributed by atoms with Crippen LogP contribution < -0.4 is 5.32 Å². The number of anilines is 1. The van der Waals surface area contributed by atoms with Crippen molar-refractivity contribution in [2.75, 3.05) is 25.6 Å². The molecule has 3 rings (SSSR count). The van der Waals surface area contributed by atoms with Crippen molar-refractivity contribution in [1.82, 2.24) is 9.47 Å². The molecule has 0 fully saturated rings. The van der Waals surface area contributed by atoms with Gasteiger partial charge < -0.3 is 19.5 Å². The summed E-state index contributed by atoms with van der Waals surface area (Å²) < 4.78 is 7.26. The number of carbonyl (C=O) groups is 1. The van der Waals surface area contributed by atoms with E-state index in [0.29, 0.717) is 31.9 Å². The first-order valence-electron chi connectivity index (χ1n) is 9.54. The molecule has 0 unspecified atom stereocenters. The van der Waals surface area contributed by atoms with E-state index in [1.54, 1.807) is 12.0 Å². The Morgan fingerprint density at radius 1 is 1.10 bits per heavy atom. The van der Waals surface area contributed by atoms with Gasteiger partial charge in [0.1, 0.15) is 0 Å². The fourth-order valence-corrected chi connectivity index (χ4v) is 3.05. The Labute approximate surface area is 174 Å². The Morgan fingerprint density at radius 3 is 2.50 bits per heavy atom. The SMILES string of the molecule is COCCN(Cc1cccn1Cc1ccccc1)C(=O)Nc1ccc([N+](=O)[O-])cc1. The second-order valence-corrected chi connectivity index (χ2v) is 6.76. The summed E-state index contributed by atoms with van der Waals surface area (Å²) in [5.74, 6) is 0. The monoisotopic (exact) mass is 408 g/mol. The summed E-state index contributed by atoms with van der Waals surface area (Å²) in [6.45, 7) is 1.92. The first-order valence-corrected chi connectivity index (χ1v) is 9.54. The highest BCUT2D eigenvalue weighted by Crippen LogP contribution is 2.17. The van der Waals surface area contributed by atoms with E-state index >= 15 is 0 Å². The minimum absolute atomic E-state index is 0.0250. The van der Waals surface area contributed by atoms with Crippen LogP contribution in [0.4, 0.5) is 16.2 Å². The van der Waals surface area contributed by atoms with Crippen LogP contribution in [0.15, 0.2) is 72.9 Å². The maximum atomic E-state index is 12.8. The minimum Gasteiger partial charge on any atom is -0.383 e. The van der Waals surface area contributed by atoms with Crippen molar-refractivity contribution in [3.63, 3.8) is 0 Å². The van der Waals surface area contributed by atoms with Gasteiger partial charge in [-0.15, -0.1) is 0 Å². The van der Waals surface area contributed by atoms with Gasteiger partial charge in [0.15, 0.2) is 0 Å². The number of ether oxygens (including phenoxy) is 1. The van der Waals surface area contributed by atoms with E-state index in [2.05, 4.69) is 22.0 Å². The molecule has 156 valence electrons. The molecular weight excluding hydrogens is 384 g/mol. The van der Waals surface area contributed by atoms with Gasteiger partial charge in [-0.05, 0) is 29.8 Å². The summed E-state index contributed by atoms with van der Waals surface area (Å²) in [5.41, 5.74) is 2.64. The van der Waals surface area contributed by atoms with Gasteiger partial charge in [-0.25, -0.2) is 4.79 Å². The molecule has 8 nitrogen and oxygen atoms in total. The second kappa shape index (κ2) is 10.2. The quantitative estimate of drug-likeness (QED) is 0.426. The number of urea groups is 1. The fraction of sp³-hybridized carbons (Fsp3) is 0.227. The van der Waals surface area contributed by atoms with Crippen molar-refractivity contribution in [2.24, 2.45) is 0 Å². The van der Waals surface area contributed by atoms with Crippen LogP contribution in [0.3, 0.4) is 0 Å². The third-order valence-electron chi connectivity index (χ3n) is 4.65. The van der Waals surface area contributed by atoms with Crippen LogP contribution in [0.25, 0.3) is 0 Å². The second-order valence-electron chi connectivity index (χ2n) is 6.76. The molecule has 30 heavy (non-hydrogen) atoms. The minimum atomic E-state index is -0.475. The predicted octanol–water partition coefficient (Wildman–Crippen LogP) is 4.13. The lowest BCUT2D eigenvalue weighted by atomic mass is 10.2.